The zero-order chi connectivity index (χ0) is 57.7. The molecule has 2 atom stereocenters. The van der Waals surface area contributed by atoms with E-state index >= 15 is 0 Å². The Bertz CT molecular complexity index is 1700. The van der Waals surface area contributed by atoms with Crippen LogP contribution in [0.15, 0.2) is 109 Å². The van der Waals surface area contributed by atoms with Crippen molar-refractivity contribution in [3.8, 4) is 0 Å². The molecule has 9 nitrogen and oxygen atoms in total. The Morgan fingerprint density at radius 2 is 0.722 bits per heavy atom. The molecular formula is C69H121NO8P+. The molecule has 0 saturated heterocycles. The first-order chi connectivity index (χ1) is 38.5. The summed E-state index contributed by atoms with van der Waals surface area (Å²) < 4.78 is 34.6. The highest BCUT2D eigenvalue weighted by atomic mass is 31.2. The topological polar surface area (TPSA) is 108 Å². The van der Waals surface area contributed by atoms with Crippen molar-refractivity contribution >= 4 is 19.8 Å². The number of ether oxygens (including phenoxy) is 2. The average Bonchev–Trinajstić information content (AvgIpc) is 3.41. The minimum Gasteiger partial charge on any atom is -0.462 e. The van der Waals surface area contributed by atoms with Crippen LogP contribution >= 0.6 is 7.82 Å². The first kappa shape index (κ1) is 75.7. The zero-order valence-corrected chi connectivity index (χ0v) is 52.5. The maximum atomic E-state index is 12.8. The smallest absolute Gasteiger partial charge is 0.462 e. The maximum absolute atomic E-state index is 12.8. The molecule has 0 heterocycles. The Balaban J connectivity index is 4.23. The monoisotopic (exact) mass is 1120 g/mol. The van der Waals surface area contributed by atoms with Gasteiger partial charge in [0.1, 0.15) is 19.8 Å². The molecule has 0 aromatic rings. The van der Waals surface area contributed by atoms with Crippen molar-refractivity contribution in [3.05, 3.63) is 109 Å². The van der Waals surface area contributed by atoms with Gasteiger partial charge in [-0.05, 0) is 77.0 Å². The van der Waals surface area contributed by atoms with Gasteiger partial charge in [0.15, 0.2) is 6.10 Å². The largest absolute Gasteiger partial charge is 0.472 e. The number of unbranched alkanes of at least 4 members (excludes halogenated alkanes) is 26. The number of carbonyl (C=O) groups excluding carboxylic acids is 2. The highest BCUT2D eigenvalue weighted by molar-refractivity contribution is 7.47. The summed E-state index contributed by atoms with van der Waals surface area (Å²) in [5, 5.41) is 0. The Morgan fingerprint density at radius 1 is 0.405 bits per heavy atom. The predicted octanol–water partition coefficient (Wildman–Crippen LogP) is 20.5. The van der Waals surface area contributed by atoms with Gasteiger partial charge < -0.3 is 18.9 Å². The minimum absolute atomic E-state index is 0.0163. The second-order valence-electron chi connectivity index (χ2n) is 22.4. The summed E-state index contributed by atoms with van der Waals surface area (Å²) in [5.74, 6) is -0.865. The Morgan fingerprint density at radius 3 is 1.06 bits per heavy atom. The van der Waals surface area contributed by atoms with Gasteiger partial charge in [-0.15, -0.1) is 0 Å². The molecule has 0 spiro atoms. The van der Waals surface area contributed by atoms with Crippen molar-refractivity contribution in [1.29, 1.82) is 0 Å². The lowest BCUT2D eigenvalue weighted by molar-refractivity contribution is -0.870. The minimum atomic E-state index is -4.41. The highest BCUT2D eigenvalue weighted by Gasteiger charge is 2.27. The normalized spacial score (nSPS) is 13.9. The fraction of sp³-hybridized carbons (Fsp3) is 0.710. The van der Waals surface area contributed by atoms with Crippen LogP contribution in [0.25, 0.3) is 0 Å². The molecule has 0 amide bonds. The second kappa shape index (κ2) is 59.3. The molecule has 454 valence electrons. The van der Waals surface area contributed by atoms with E-state index in [-0.39, 0.29) is 32.0 Å². The molecule has 10 heteroatoms. The molecule has 0 aliphatic heterocycles. The number of phosphoric acid groups is 1. The number of allylic oxidation sites excluding steroid dienone is 18. The lowest BCUT2D eigenvalue weighted by atomic mass is 10.0. The molecule has 0 saturated carbocycles. The summed E-state index contributed by atoms with van der Waals surface area (Å²) in [6.07, 6.45) is 83.3. The van der Waals surface area contributed by atoms with Crippen LogP contribution in [0.2, 0.25) is 0 Å². The number of nitrogens with zero attached hydrogens (tertiary/aromatic N) is 1. The third-order valence-corrected chi connectivity index (χ3v) is 14.6. The van der Waals surface area contributed by atoms with Crippen LogP contribution in [0.5, 0.6) is 0 Å². The Hall–Kier alpha value is -3.33. The van der Waals surface area contributed by atoms with Crippen LogP contribution in [0, 0.1) is 0 Å². The molecule has 2 unspecified atom stereocenters. The van der Waals surface area contributed by atoms with Crippen LogP contribution < -0.4 is 0 Å². The Labute approximate surface area is 486 Å². The quantitative estimate of drug-likeness (QED) is 0.0211. The number of quaternary nitrogens is 1. The molecule has 0 bridgehead atoms. The van der Waals surface area contributed by atoms with Crippen molar-refractivity contribution in [1.82, 2.24) is 0 Å². The number of hydrogen-bond acceptors (Lipinski definition) is 7. The summed E-state index contributed by atoms with van der Waals surface area (Å²) in [4.78, 5) is 35.8. The Kier molecular flexibility index (Phi) is 56.8. The molecular weight excluding hydrogens is 1000 g/mol. The van der Waals surface area contributed by atoms with E-state index in [1.165, 1.54) is 148 Å². The van der Waals surface area contributed by atoms with Gasteiger partial charge in [0, 0.05) is 12.8 Å². The number of likely N-dealkylation sites (N-methyl/N-ethyl adjacent to an activating group) is 1. The van der Waals surface area contributed by atoms with Crippen molar-refractivity contribution in [2.75, 3.05) is 47.5 Å². The molecule has 1 N–H and O–H groups in total. The average molecular weight is 1120 g/mol. The van der Waals surface area contributed by atoms with Crippen molar-refractivity contribution in [2.24, 2.45) is 0 Å². The van der Waals surface area contributed by atoms with Gasteiger partial charge in [0.25, 0.3) is 0 Å². The molecule has 0 aromatic carbocycles. The molecule has 79 heavy (non-hydrogen) atoms. The lowest BCUT2D eigenvalue weighted by Crippen LogP contribution is -2.37. The van der Waals surface area contributed by atoms with E-state index in [1.54, 1.807) is 0 Å². The summed E-state index contributed by atoms with van der Waals surface area (Å²) >= 11 is 0. The number of esters is 2. The van der Waals surface area contributed by atoms with Gasteiger partial charge in [0.2, 0.25) is 0 Å². The number of phosphoric ester groups is 1. The third kappa shape index (κ3) is 63.7. The number of carbonyl (C=O) groups is 2. The lowest BCUT2D eigenvalue weighted by Gasteiger charge is -2.24. The first-order valence-corrected chi connectivity index (χ1v) is 33.6. The molecule has 0 rings (SSSR count). The third-order valence-electron chi connectivity index (χ3n) is 13.6. The van der Waals surface area contributed by atoms with E-state index in [4.69, 9.17) is 18.5 Å². The van der Waals surface area contributed by atoms with Crippen molar-refractivity contribution in [2.45, 2.75) is 270 Å². The van der Waals surface area contributed by atoms with E-state index in [0.29, 0.717) is 23.9 Å². The highest BCUT2D eigenvalue weighted by Crippen LogP contribution is 2.43. The number of hydrogen-bond donors (Lipinski definition) is 1. The van der Waals surface area contributed by atoms with E-state index < -0.39 is 26.5 Å². The molecule has 0 fully saturated rings. The van der Waals surface area contributed by atoms with E-state index in [9.17, 15) is 19.0 Å². The van der Waals surface area contributed by atoms with Crippen LogP contribution in [0.3, 0.4) is 0 Å². The van der Waals surface area contributed by atoms with Gasteiger partial charge in [-0.1, -0.05) is 284 Å². The molecule has 0 radical (unpaired) electrons. The van der Waals surface area contributed by atoms with Crippen LogP contribution in [-0.4, -0.2) is 74.9 Å². The standard InChI is InChI=1S/C69H120NO8P/c1-6-8-10-12-14-16-18-20-22-24-26-28-30-32-34-35-36-38-40-42-44-46-48-50-52-54-56-58-60-62-69(72)78-67(66-77-79(73,74)76-64-63-70(3,4)5)65-75-68(71)61-59-57-55-53-51-49-47-45-43-41-39-37-33-31-29-27-25-23-21-19-17-15-13-11-9-7-2/h8,10,14,16,20,22,26,28,32,34,36,38,42,44,48,50,54,56,67H,6-7,9,11-13,15,17-19,21,23-25,27,29-31,33,35,37,39-41,43,45-47,49,51-53,55,57-66H2,1-5H3/p+1/b10-8-,16-14-,22-20-,28-26-,34-32-,38-36-,44-42-,50-48-,56-54-. The van der Waals surface area contributed by atoms with Crippen molar-refractivity contribution in [3.63, 3.8) is 0 Å². The van der Waals surface area contributed by atoms with Crippen LogP contribution in [-0.2, 0) is 32.7 Å². The summed E-state index contributed by atoms with van der Waals surface area (Å²) in [7, 11) is 1.43. The fourth-order valence-corrected chi connectivity index (χ4v) is 9.41. The van der Waals surface area contributed by atoms with Crippen LogP contribution in [0.4, 0.5) is 0 Å². The van der Waals surface area contributed by atoms with Gasteiger partial charge in [-0.2, -0.15) is 0 Å². The van der Waals surface area contributed by atoms with E-state index in [1.807, 2.05) is 21.1 Å². The van der Waals surface area contributed by atoms with Crippen LogP contribution in [0.1, 0.15) is 264 Å². The van der Waals surface area contributed by atoms with Gasteiger partial charge in [0.05, 0.1) is 27.7 Å². The van der Waals surface area contributed by atoms with Crippen molar-refractivity contribution < 1.29 is 42.1 Å². The zero-order valence-electron chi connectivity index (χ0n) is 51.6. The first-order valence-electron chi connectivity index (χ1n) is 32.1. The SMILES string of the molecule is CC/C=C\C/C=C\C/C=C\C/C=C\C/C=C\C/C=C\C/C=C\C/C=C\C/C=C\CCCC(=O)OC(COC(=O)CCCCCCCCCCCCCCCCCCCCCCCCCCCC)COP(=O)(O)OCC[N+](C)(C)C. The van der Waals surface area contributed by atoms with Gasteiger partial charge >= 0.3 is 19.8 Å². The summed E-state index contributed by atoms with van der Waals surface area (Å²) in [6.45, 7) is 4.27. The summed E-state index contributed by atoms with van der Waals surface area (Å²) in [6, 6.07) is 0. The predicted molar refractivity (Wildman–Crippen MR) is 339 cm³/mol. The van der Waals surface area contributed by atoms with Gasteiger partial charge in [-0.25, -0.2) is 4.57 Å². The van der Waals surface area contributed by atoms with E-state index in [0.717, 1.165) is 77.0 Å². The second-order valence-corrected chi connectivity index (χ2v) is 23.9. The maximum Gasteiger partial charge on any atom is 0.472 e. The number of rotatable bonds is 58. The molecule has 0 aromatic heterocycles. The van der Waals surface area contributed by atoms with E-state index in [2.05, 4.69) is 123 Å². The molecule has 0 aliphatic carbocycles. The summed E-state index contributed by atoms with van der Waals surface area (Å²) in [5.41, 5.74) is 0. The van der Waals surface area contributed by atoms with Gasteiger partial charge in [-0.3, -0.25) is 18.6 Å². The fourth-order valence-electron chi connectivity index (χ4n) is 8.67. The molecule has 0 aliphatic rings.